The van der Waals surface area contributed by atoms with Gasteiger partial charge >= 0.3 is 20.2 Å². The van der Waals surface area contributed by atoms with Crippen LogP contribution in [0.2, 0.25) is 0 Å². The zero-order chi connectivity index (χ0) is 29.2. The Labute approximate surface area is 237 Å². The number of hydrogen-bond acceptors (Lipinski definition) is 10. The first-order chi connectivity index (χ1) is 19.8. The number of ether oxygens (including phenoxy) is 4. The van der Waals surface area contributed by atoms with Gasteiger partial charge in [-0.05, 0) is 34.4 Å². The van der Waals surface area contributed by atoms with Crippen LogP contribution in [-0.2, 0) is 39.4 Å². The second kappa shape index (κ2) is 14.6. The molecule has 1 saturated heterocycles. The summed E-state index contributed by atoms with van der Waals surface area (Å²) in [5.41, 5.74) is 1.22. The van der Waals surface area contributed by atoms with E-state index >= 15 is 0 Å². The van der Waals surface area contributed by atoms with Crippen LogP contribution in [0, 0.1) is 0 Å². The Balaban J connectivity index is 1.65. The first-order valence-corrected chi connectivity index (χ1v) is 13.8. The summed E-state index contributed by atoms with van der Waals surface area (Å²) in [6.07, 6.45) is -5.44. The number of hydrogen-bond donors (Lipinski definition) is 1. The highest BCUT2D eigenvalue weighted by atomic mass is 31.1. The average Bonchev–Trinajstić information content (AvgIpc) is 2.98. The number of carbonyl (C=O) groups excluding carboxylic acids is 3. The van der Waals surface area contributed by atoms with Crippen molar-refractivity contribution in [1.82, 2.24) is 5.32 Å². The number of benzene rings is 3. The third kappa shape index (κ3) is 8.50. The fraction of sp³-hybridized carbons (Fsp3) is 0.276. The molecule has 0 saturated carbocycles. The van der Waals surface area contributed by atoms with Gasteiger partial charge < -0.3 is 29.2 Å². The van der Waals surface area contributed by atoms with Crippen molar-refractivity contribution in [2.75, 3.05) is 6.61 Å². The predicted octanol–water partition coefficient (Wildman–Crippen LogP) is 2.92. The Morgan fingerprint density at radius 3 is 1.98 bits per heavy atom. The van der Waals surface area contributed by atoms with E-state index in [0.717, 1.165) is 5.56 Å². The van der Waals surface area contributed by atoms with Gasteiger partial charge in [0.1, 0.15) is 18.8 Å². The monoisotopic (exact) mass is 581 g/mol. The van der Waals surface area contributed by atoms with Gasteiger partial charge in [0.2, 0.25) is 5.91 Å². The van der Waals surface area contributed by atoms with Crippen LogP contribution in [0.25, 0.3) is 0 Å². The fourth-order valence-electron chi connectivity index (χ4n) is 4.27. The van der Waals surface area contributed by atoms with E-state index in [2.05, 4.69) is 5.32 Å². The van der Waals surface area contributed by atoms with E-state index in [-0.39, 0.29) is 17.7 Å². The maximum atomic E-state index is 13.1. The predicted molar refractivity (Wildman–Crippen MR) is 142 cm³/mol. The van der Waals surface area contributed by atoms with Crippen LogP contribution in [0.5, 0.6) is 0 Å². The molecule has 6 atom stereocenters. The highest BCUT2D eigenvalue weighted by Crippen LogP contribution is 2.32. The summed E-state index contributed by atoms with van der Waals surface area (Å²) in [4.78, 5) is 49.8. The SMILES string of the molecule is CC(=O)N[C@H]1[C@@H](OCc2ccccc2)O[C@H](COC(=O)c2ccccc2)[C@@H](O[P+](=O)[O-])[C@@H]1OC(=O)c1ccccc1. The first-order valence-electron chi connectivity index (χ1n) is 12.7. The van der Waals surface area contributed by atoms with Gasteiger partial charge in [-0.15, -0.1) is 4.52 Å². The molecule has 1 fully saturated rings. The van der Waals surface area contributed by atoms with Gasteiger partial charge in [0.25, 0.3) is 0 Å². The van der Waals surface area contributed by atoms with Crippen molar-refractivity contribution in [2.24, 2.45) is 0 Å². The molecule has 3 aromatic carbocycles. The third-order valence-corrected chi connectivity index (χ3v) is 6.54. The Morgan fingerprint density at radius 1 is 0.854 bits per heavy atom. The Bertz CT molecular complexity index is 1330. The highest BCUT2D eigenvalue weighted by molar-refractivity contribution is 7.30. The molecule has 1 N–H and O–H groups in total. The second-order valence-electron chi connectivity index (χ2n) is 9.06. The van der Waals surface area contributed by atoms with E-state index in [1.54, 1.807) is 48.5 Å². The Morgan fingerprint density at radius 2 is 1.41 bits per heavy atom. The normalized spacial score (nSPS) is 22.3. The average molecular weight is 582 g/mol. The maximum absolute atomic E-state index is 13.1. The van der Waals surface area contributed by atoms with Crippen LogP contribution in [0.15, 0.2) is 91.0 Å². The van der Waals surface area contributed by atoms with Gasteiger partial charge in [0.05, 0.1) is 17.7 Å². The standard InChI is InChI=1S/C29H28NO10P/c1-19(31)30-24-26(39-28(33)22-15-9-4-10-16-22)25(40-41(34)35)23(18-36-27(32)21-13-7-3-8-14-21)38-29(24)37-17-20-11-5-2-6-12-20/h2-16,23-26,29H,17-18H2,1H3,(H,30,31)/t23-,24-,25-,26-,29+/m1/s1. The largest absolute Gasteiger partial charge is 0.566 e. The molecule has 214 valence electrons. The molecule has 1 aliphatic heterocycles. The van der Waals surface area contributed by atoms with Crippen molar-refractivity contribution in [1.29, 1.82) is 0 Å². The van der Waals surface area contributed by atoms with Crippen LogP contribution >= 0.6 is 8.25 Å². The summed E-state index contributed by atoms with van der Waals surface area (Å²) in [7, 11) is -3.49. The molecule has 11 nitrogen and oxygen atoms in total. The van der Waals surface area contributed by atoms with Gasteiger partial charge in [0, 0.05) is 6.92 Å². The van der Waals surface area contributed by atoms with Crippen molar-refractivity contribution in [3.8, 4) is 0 Å². The van der Waals surface area contributed by atoms with Crippen LogP contribution < -0.4 is 10.2 Å². The molecule has 1 unspecified atom stereocenters. The second-order valence-corrected chi connectivity index (χ2v) is 9.72. The third-order valence-electron chi connectivity index (χ3n) is 6.12. The van der Waals surface area contributed by atoms with Crippen molar-refractivity contribution >= 4 is 26.1 Å². The lowest BCUT2D eigenvalue weighted by Crippen LogP contribution is -2.66. The van der Waals surface area contributed by atoms with Gasteiger partial charge in [-0.25, -0.2) is 9.59 Å². The summed E-state index contributed by atoms with van der Waals surface area (Å²) >= 11 is 0. The number of esters is 2. The lowest BCUT2D eigenvalue weighted by atomic mass is 9.96. The minimum absolute atomic E-state index is 0.0405. The molecule has 1 aliphatic rings. The molecular formula is C29H28NO10P. The van der Waals surface area contributed by atoms with E-state index < -0.39 is 63.4 Å². The lowest BCUT2D eigenvalue weighted by Gasteiger charge is -2.43. The minimum Gasteiger partial charge on any atom is -0.566 e. The van der Waals surface area contributed by atoms with E-state index in [4.69, 9.17) is 23.5 Å². The molecule has 3 aromatic rings. The summed E-state index contributed by atoms with van der Waals surface area (Å²) in [6.45, 7) is 0.805. The van der Waals surface area contributed by atoms with E-state index in [0.29, 0.717) is 0 Å². The molecule has 0 radical (unpaired) electrons. The van der Waals surface area contributed by atoms with Crippen LogP contribution in [0.3, 0.4) is 0 Å². The van der Waals surface area contributed by atoms with E-state index in [9.17, 15) is 23.8 Å². The molecule has 0 aromatic heterocycles. The number of nitrogens with one attached hydrogen (secondary N) is 1. The Hall–Kier alpha value is -3.99. The van der Waals surface area contributed by atoms with Crippen molar-refractivity contribution in [3.05, 3.63) is 108 Å². The molecule has 41 heavy (non-hydrogen) atoms. The zero-order valence-electron chi connectivity index (χ0n) is 22.0. The Kier molecular flexibility index (Phi) is 10.7. The molecule has 0 aliphatic carbocycles. The number of amides is 1. The number of carbonyl (C=O) groups is 3. The highest BCUT2D eigenvalue weighted by Gasteiger charge is 2.53. The van der Waals surface area contributed by atoms with Gasteiger partial charge in [-0.1, -0.05) is 66.7 Å². The van der Waals surface area contributed by atoms with E-state index in [1.165, 1.54) is 19.1 Å². The summed E-state index contributed by atoms with van der Waals surface area (Å²) in [5, 5.41) is 2.64. The molecule has 0 spiro atoms. The van der Waals surface area contributed by atoms with Crippen LogP contribution in [0.4, 0.5) is 0 Å². The quantitative estimate of drug-likeness (QED) is 0.265. The molecule has 1 amide bonds. The van der Waals surface area contributed by atoms with Gasteiger partial charge in [-0.3, -0.25) is 4.79 Å². The zero-order valence-corrected chi connectivity index (χ0v) is 22.9. The van der Waals surface area contributed by atoms with E-state index in [1.807, 2.05) is 30.3 Å². The lowest BCUT2D eigenvalue weighted by molar-refractivity contribution is -0.276. The molecule has 1 heterocycles. The summed E-state index contributed by atoms with van der Waals surface area (Å²) < 4.78 is 40.2. The van der Waals surface area contributed by atoms with Crippen molar-refractivity contribution in [2.45, 2.75) is 44.2 Å². The first kappa shape index (κ1) is 30.0. The van der Waals surface area contributed by atoms with Gasteiger partial charge in [-0.2, -0.15) is 0 Å². The smallest absolute Gasteiger partial charge is 0.488 e. The maximum Gasteiger partial charge on any atom is 0.488 e. The minimum atomic E-state index is -3.49. The summed E-state index contributed by atoms with van der Waals surface area (Å²) in [6, 6.07) is 24.1. The number of rotatable bonds is 11. The molecule has 12 heteroatoms. The van der Waals surface area contributed by atoms with Crippen molar-refractivity contribution < 1.29 is 47.3 Å². The molecular weight excluding hydrogens is 553 g/mol. The molecule has 0 bridgehead atoms. The topological polar surface area (TPSA) is 150 Å². The fourth-order valence-corrected chi connectivity index (χ4v) is 4.72. The summed E-state index contributed by atoms with van der Waals surface area (Å²) in [5.74, 6) is -2.01. The van der Waals surface area contributed by atoms with Gasteiger partial charge in [0.15, 0.2) is 18.5 Å². The molecule has 4 rings (SSSR count). The van der Waals surface area contributed by atoms with Crippen LogP contribution in [-0.4, -0.2) is 55.1 Å². The van der Waals surface area contributed by atoms with Crippen molar-refractivity contribution in [3.63, 3.8) is 0 Å². The van der Waals surface area contributed by atoms with Crippen LogP contribution in [0.1, 0.15) is 33.2 Å².